The first-order valence-electron chi connectivity index (χ1n) is 11.1. The molecule has 2 aliphatic heterocycles. The van der Waals surface area contributed by atoms with Crippen LogP contribution in [0, 0.1) is 11.8 Å². The van der Waals surface area contributed by atoms with Gasteiger partial charge in [0.1, 0.15) is 17.2 Å². The van der Waals surface area contributed by atoms with Crippen molar-refractivity contribution in [3.63, 3.8) is 0 Å². The SMILES string of the molecule is CC#CC(=O)N1CCC(N2CN(c3ccc(Oc4ccccc4)cc3)c3c(N)nc(N)nc32)C1. The molecule has 5 rings (SSSR count). The van der Waals surface area contributed by atoms with Gasteiger partial charge in [-0.2, -0.15) is 9.97 Å². The Balaban J connectivity index is 1.41. The fraction of sp³-hybridized carbons (Fsp3) is 0.240. The quantitative estimate of drug-likeness (QED) is 0.577. The molecule has 1 aromatic heterocycles. The van der Waals surface area contributed by atoms with Gasteiger partial charge >= 0.3 is 0 Å². The molecule has 0 spiro atoms. The van der Waals surface area contributed by atoms with Gasteiger partial charge in [-0.05, 0) is 55.7 Å². The molecule has 1 saturated heterocycles. The molecule has 1 unspecified atom stereocenters. The fourth-order valence-corrected chi connectivity index (χ4v) is 4.41. The second-order valence-electron chi connectivity index (χ2n) is 8.16. The molecule has 9 heteroatoms. The number of rotatable bonds is 4. The molecule has 172 valence electrons. The van der Waals surface area contributed by atoms with Gasteiger partial charge in [-0.3, -0.25) is 4.79 Å². The number of anilines is 5. The van der Waals surface area contributed by atoms with E-state index in [9.17, 15) is 4.79 Å². The number of para-hydroxylation sites is 1. The number of fused-ring (bicyclic) bond motifs is 1. The van der Waals surface area contributed by atoms with Crippen LogP contribution in [0.15, 0.2) is 54.6 Å². The first kappa shape index (κ1) is 21.4. The zero-order valence-electron chi connectivity index (χ0n) is 18.8. The smallest absolute Gasteiger partial charge is 0.298 e. The van der Waals surface area contributed by atoms with Crippen molar-refractivity contribution >= 4 is 34.9 Å². The van der Waals surface area contributed by atoms with E-state index in [1.54, 1.807) is 11.8 Å². The summed E-state index contributed by atoms with van der Waals surface area (Å²) in [5, 5.41) is 0. The average molecular weight is 456 g/mol. The van der Waals surface area contributed by atoms with E-state index < -0.39 is 0 Å². The number of aromatic nitrogens is 2. The molecule has 9 nitrogen and oxygen atoms in total. The van der Waals surface area contributed by atoms with Gasteiger partial charge in [-0.25, -0.2) is 0 Å². The number of likely N-dealkylation sites (tertiary alicyclic amines) is 1. The maximum absolute atomic E-state index is 12.3. The third-order valence-electron chi connectivity index (χ3n) is 6.00. The Labute approximate surface area is 197 Å². The van der Waals surface area contributed by atoms with Crippen LogP contribution in [0.3, 0.4) is 0 Å². The van der Waals surface area contributed by atoms with Gasteiger partial charge in [0.15, 0.2) is 11.6 Å². The molecule has 3 heterocycles. The summed E-state index contributed by atoms with van der Waals surface area (Å²) in [6.07, 6.45) is 0.804. The summed E-state index contributed by atoms with van der Waals surface area (Å²) in [7, 11) is 0. The molecule has 1 atom stereocenters. The Bertz CT molecular complexity index is 1270. The Morgan fingerprint density at radius 1 is 1.06 bits per heavy atom. The van der Waals surface area contributed by atoms with Crippen molar-refractivity contribution in [2.45, 2.75) is 19.4 Å². The van der Waals surface area contributed by atoms with E-state index in [0.717, 1.165) is 23.6 Å². The van der Waals surface area contributed by atoms with Crippen molar-refractivity contribution in [1.82, 2.24) is 14.9 Å². The average Bonchev–Trinajstić information content (AvgIpc) is 3.46. The van der Waals surface area contributed by atoms with E-state index in [0.29, 0.717) is 37.1 Å². The van der Waals surface area contributed by atoms with Gasteiger partial charge in [-0.1, -0.05) is 24.1 Å². The summed E-state index contributed by atoms with van der Waals surface area (Å²) in [4.78, 5) is 26.9. The molecule has 0 bridgehead atoms. The lowest BCUT2D eigenvalue weighted by molar-refractivity contribution is -0.124. The summed E-state index contributed by atoms with van der Waals surface area (Å²) in [6.45, 7) is 3.39. The first-order valence-corrected chi connectivity index (χ1v) is 11.1. The number of hydrogen-bond donors (Lipinski definition) is 2. The second-order valence-corrected chi connectivity index (χ2v) is 8.16. The Kier molecular flexibility index (Phi) is 5.55. The molecule has 34 heavy (non-hydrogen) atoms. The van der Waals surface area contributed by atoms with Crippen molar-refractivity contribution in [2.24, 2.45) is 0 Å². The molecular weight excluding hydrogens is 430 g/mol. The predicted octanol–water partition coefficient (Wildman–Crippen LogP) is 2.97. The molecule has 1 amide bonds. The van der Waals surface area contributed by atoms with Crippen molar-refractivity contribution in [1.29, 1.82) is 0 Å². The highest BCUT2D eigenvalue weighted by atomic mass is 16.5. The van der Waals surface area contributed by atoms with Crippen molar-refractivity contribution < 1.29 is 9.53 Å². The minimum absolute atomic E-state index is 0.0701. The predicted molar refractivity (Wildman–Crippen MR) is 132 cm³/mol. The largest absolute Gasteiger partial charge is 0.457 e. The number of amides is 1. The highest BCUT2D eigenvalue weighted by Gasteiger charge is 2.39. The van der Waals surface area contributed by atoms with Gasteiger partial charge in [0.2, 0.25) is 5.95 Å². The number of benzene rings is 2. The Morgan fingerprint density at radius 3 is 2.53 bits per heavy atom. The molecule has 2 aliphatic rings. The summed E-state index contributed by atoms with van der Waals surface area (Å²) in [6, 6.07) is 17.5. The molecule has 4 N–H and O–H groups in total. The third-order valence-corrected chi connectivity index (χ3v) is 6.00. The molecule has 1 fully saturated rings. The summed E-state index contributed by atoms with van der Waals surface area (Å²) in [5.74, 6) is 7.77. The van der Waals surface area contributed by atoms with Crippen LogP contribution >= 0.6 is 0 Å². The maximum Gasteiger partial charge on any atom is 0.298 e. The van der Waals surface area contributed by atoms with Crippen LogP contribution in [-0.2, 0) is 4.79 Å². The standard InChI is InChI=1S/C25H25N7O2/c1-2-6-21(33)30-14-13-18(15-30)32-16-31(22-23(26)28-25(27)29-24(22)32)17-9-11-20(12-10-17)34-19-7-4-3-5-8-19/h3-5,7-12,18H,13-16H2,1H3,(H4,26,27,28,29). The summed E-state index contributed by atoms with van der Waals surface area (Å²) < 4.78 is 5.92. The van der Waals surface area contributed by atoms with Gasteiger partial charge in [-0.15, -0.1) is 0 Å². The Hall–Kier alpha value is -4.45. The van der Waals surface area contributed by atoms with Crippen molar-refractivity contribution in [2.75, 3.05) is 41.0 Å². The number of nitrogens with zero attached hydrogens (tertiary/aromatic N) is 5. The minimum Gasteiger partial charge on any atom is -0.457 e. The topological polar surface area (TPSA) is 114 Å². The lowest BCUT2D eigenvalue weighted by Crippen LogP contribution is -2.40. The van der Waals surface area contributed by atoms with E-state index in [1.807, 2.05) is 54.6 Å². The van der Waals surface area contributed by atoms with Crippen LogP contribution in [0.2, 0.25) is 0 Å². The zero-order chi connectivity index (χ0) is 23.7. The van der Waals surface area contributed by atoms with Gasteiger partial charge < -0.3 is 30.9 Å². The second kappa shape index (κ2) is 8.83. The van der Waals surface area contributed by atoms with Crippen LogP contribution in [0.4, 0.5) is 29.0 Å². The normalized spacial score (nSPS) is 16.7. The maximum atomic E-state index is 12.3. The number of carbonyl (C=O) groups is 1. The number of nitrogen functional groups attached to an aromatic ring is 2. The van der Waals surface area contributed by atoms with E-state index >= 15 is 0 Å². The zero-order valence-corrected chi connectivity index (χ0v) is 18.8. The van der Waals surface area contributed by atoms with E-state index in [-0.39, 0.29) is 17.9 Å². The fourth-order valence-electron chi connectivity index (χ4n) is 4.41. The number of hydrogen-bond acceptors (Lipinski definition) is 8. The van der Waals surface area contributed by atoms with E-state index in [2.05, 4.69) is 31.6 Å². The molecule has 3 aromatic rings. The molecule has 0 radical (unpaired) electrons. The number of ether oxygens (including phenoxy) is 1. The van der Waals surface area contributed by atoms with Crippen LogP contribution in [0.25, 0.3) is 0 Å². The van der Waals surface area contributed by atoms with Gasteiger partial charge in [0, 0.05) is 18.8 Å². The highest BCUT2D eigenvalue weighted by molar-refractivity contribution is 5.94. The first-order chi connectivity index (χ1) is 16.5. The third kappa shape index (κ3) is 4.01. The van der Waals surface area contributed by atoms with Gasteiger partial charge in [0.05, 0.1) is 12.7 Å². The van der Waals surface area contributed by atoms with E-state index in [4.69, 9.17) is 16.2 Å². The van der Waals surface area contributed by atoms with Crippen LogP contribution in [0.1, 0.15) is 13.3 Å². The van der Waals surface area contributed by atoms with Crippen LogP contribution < -0.4 is 26.0 Å². The van der Waals surface area contributed by atoms with E-state index in [1.165, 1.54) is 0 Å². The number of carbonyl (C=O) groups excluding carboxylic acids is 1. The van der Waals surface area contributed by atoms with Crippen molar-refractivity contribution in [3.8, 4) is 23.3 Å². The monoisotopic (exact) mass is 455 g/mol. The molecule has 0 saturated carbocycles. The molecular formula is C25H25N7O2. The number of nitrogens with two attached hydrogens (primary N) is 2. The Morgan fingerprint density at radius 2 is 1.79 bits per heavy atom. The highest BCUT2D eigenvalue weighted by Crippen LogP contribution is 2.45. The molecule has 0 aliphatic carbocycles. The van der Waals surface area contributed by atoms with Gasteiger partial charge in [0.25, 0.3) is 5.91 Å². The summed E-state index contributed by atoms with van der Waals surface area (Å²) in [5.41, 5.74) is 13.9. The minimum atomic E-state index is -0.156. The van der Waals surface area contributed by atoms with Crippen molar-refractivity contribution in [3.05, 3.63) is 54.6 Å². The molecule has 2 aromatic carbocycles. The lowest BCUT2D eigenvalue weighted by Gasteiger charge is -2.26. The lowest BCUT2D eigenvalue weighted by atomic mass is 10.2. The summed E-state index contributed by atoms with van der Waals surface area (Å²) >= 11 is 0. The van der Waals surface area contributed by atoms with Crippen LogP contribution in [0.5, 0.6) is 11.5 Å². The van der Waals surface area contributed by atoms with Crippen LogP contribution in [-0.4, -0.2) is 46.6 Å².